The van der Waals surface area contributed by atoms with Gasteiger partial charge in [0.1, 0.15) is 0 Å². The number of fused-ring (bicyclic) bond motifs is 2. The molecule has 0 amide bonds. The Morgan fingerprint density at radius 1 is 1.00 bits per heavy atom. The molecule has 154 valence electrons. The van der Waals surface area contributed by atoms with Crippen LogP contribution < -0.4 is 0 Å². The zero-order valence-corrected chi connectivity index (χ0v) is 18.6. The highest BCUT2D eigenvalue weighted by atomic mass is 14.3. The zero-order valence-electron chi connectivity index (χ0n) is 18.6. The number of aryl methyl sites for hydroxylation is 1. The second-order valence-electron chi connectivity index (χ2n) is 9.59. The molecule has 2 aromatic carbocycles. The minimum atomic E-state index is 0.873. The molecule has 0 N–H and O–H groups in total. The molecular formula is C30H34. The maximum atomic E-state index is 4.53. The Bertz CT molecular complexity index is 1050. The highest BCUT2D eigenvalue weighted by Gasteiger charge is 2.29. The standard InChI is InChI=1S/C30H34/c1-4-21-10-11-22(16-21)17-29-23(5-2)14-15-27-20(3)26(19-30(27)29)18-25-13-12-24-8-6-7-9-28(24)25/h6-9,13-15,18,21-22H,3-5,10-12,16-17,19H2,1-2H3/b26-18+. The molecule has 1 saturated carbocycles. The number of hydrogen-bond acceptors (Lipinski definition) is 0. The minimum absolute atomic E-state index is 0.873. The van der Waals surface area contributed by atoms with E-state index in [1.807, 2.05) is 0 Å². The topological polar surface area (TPSA) is 0 Å². The summed E-state index contributed by atoms with van der Waals surface area (Å²) in [5.74, 6) is 1.83. The molecule has 0 aromatic heterocycles. The lowest BCUT2D eigenvalue weighted by molar-refractivity contribution is 0.477. The summed E-state index contributed by atoms with van der Waals surface area (Å²) in [6.45, 7) is 9.21. The van der Waals surface area contributed by atoms with E-state index in [0.717, 1.165) is 31.1 Å². The summed E-state index contributed by atoms with van der Waals surface area (Å²) < 4.78 is 0. The van der Waals surface area contributed by atoms with Crippen LogP contribution >= 0.6 is 0 Å². The van der Waals surface area contributed by atoms with Crippen LogP contribution in [0, 0.1) is 11.8 Å². The molecule has 0 nitrogen and oxygen atoms in total. The van der Waals surface area contributed by atoms with E-state index in [1.54, 1.807) is 16.7 Å². The molecule has 30 heavy (non-hydrogen) atoms. The van der Waals surface area contributed by atoms with Crippen molar-refractivity contribution in [2.45, 2.75) is 65.2 Å². The smallest absolute Gasteiger partial charge is 0.00106 e. The molecule has 0 spiro atoms. The Labute approximate surface area is 182 Å². The molecule has 3 aliphatic rings. The summed E-state index contributed by atoms with van der Waals surface area (Å²) in [7, 11) is 0. The average molecular weight is 395 g/mol. The first-order valence-corrected chi connectivity index (χ1v) is 12.0. The van der Waals surface area contributed by atoms with Crippen molar-refractivity contribution in [3.8, 4) is 0 Å². The van der Waals surface area contributed by atoms with Gasteiger partial charge in [-0.3, -0.25) is 0 Å². The molecule has 3 aliphatic carbocycles. The quantitative estimate of drug-likeness (QED) is 0.486. The van der Waals surface area contributed by atoms with E-state index in [-0.39, 0.29) is 0 Å². The molecule has 2 unspecified atom stereocenters. The number of hydrogen-bond donors (Lipinski definition) is 0. The molecule has 0 bridgehead atoms. The SMILES string of the molecule is C=C1/C(=C/C2=CCc3ccccc32)Cc2c1ccc(CC)c2CC1CCC(CC)C1. The lowest BCUT2D eigenvalue weighted by atomic mass is 9.87. The Kier molecular flexibility index (Phi) is 5.27. The number of benzene rings is 2. The van der Waals surface area contributed by atoms with E-state index in [4.69, 9.17) is 0 Å². The Balaban J connectivity index is 1.46. The van der Waals surface area contributed by atoms with Gasteiger partial charge in [-0.1, -0.05) is 81.8 Å². The lowest BCUT2D eigenvalue weighted by Crippen LogP contribution is -2.07. The van der Waals surface area contributed by atoms with Crippen molar-refractivity contribution in [2.24, 2.45) is 11.8 Å². The van der Waals surface area contributed by atoms with Crippen molar-refractivity contribution in [3.05, 3.63) is 94.1 Å². The van der Waals surface area contributed by atoms with Crippen molar-refractivity contribution >= 4 is 11.1 Å². The van der Waals surface area contributed by atoms with Crippen LogP contribution in [0.25, 0.3) is 11.1 Å². The third kappa shape index (κ3) is 3.41. The minimum Gasteiger partial charge on any atom is -0.0909 e. The summed E-state index contributed by atoms with van der Waals surface area (Å²) in [6.07, 6.45) is 15.0. The van der Waals surface area contributed by atoms with Crippen LogP contribution in [0.1, 0.15) is 72.9 Å². The second-order valence-corrected chi connectivity index (χ2v) is 9.59. The van der Waals surface area contributed by atoms with Gasteiger partial charge in [0, 0.05) is 0 Å². The van der Waals surface area contributed by atoms with Crippen LogP contribution in [0.5, 0.6) is 0 Å². The fraction of sp³-hybridized carbons (Fsp3) is 0.400. The van der Waals surface area contributed by atoms with Gasteiger partial charge in [-0.25, -0.2) is 0 Å². The van der Waals surface area contributed by atoms with E-state index in [9.17, 15) is 0 Å². The van der Waals surface area contributed by atoms with E-state index in [0.29, 0.717) is 0 Å². The number of rotatable bonds is 5. The summed E-state index contributed by atoms with van der Waals surface area (Å²) in [4.78, 5) is 0. The van der Waals surface area contributed by atoms with E-state index >= 15 is 0 Å². The molecule has 0 aliphatic heterocycles. The predicted molar refractivity (Wildman–Crippen MR) is 130 cm³/mol. The maximum absolute atomic E-state index is 4.53. The Morgan fingerprint density at radius 2 is 1.83 bits per heavy atom. The van der Waals surface area contributed by atoms with Crippen molar-refractivity contribution < 1.29 is 0 Å². The fourth-order valence-corrected chi connectivity index (χ4v) is 6.08. The number of allylic oxidation sites excluding steroid dienone is 5. The van der Waals surface area contributed by atoms with Crippen LogP contribution in [-0.4, -0.2) is 0 Å². The van der Waals surface area contributed by atoms with E-state index in [1.165, 1.54) is 65.5 Å². The van der Waals surface area contributed by atoms with Gasteiger partial charge in [0.25, 0.3) is 0 Å². The van der Waals surface area contributed by atoms with E-state index in [2.05, 4.69) is 69.0 Å². The van der Waals surface area contributed by atoms with Crippen LogP contribution in [0.2, 0.25) is 0 Å². The Morgan fingerprint density at radius 3 is 2.63 bits per heavy atom. The first-order chi connectivity index (χ1) is 14.7. The molecular weight excluding hydrogens is 360 g/mol. The Hall–Kier alpha value is -2.34. The first-order valence-electron chi connectivity index (χ1n) is 12.0. The predicted octanol–water partition coefficient (Wildman–Crippen LogP) is 7.75. The first kappa shape index (κ1) is 19.6. The summed E-state index contributed by atoms with van der Waals surface area (Å²) in [5, 5.41) is 0. The monoisotopic (exact) mass is 394 g/mol. The maximum Gasteiger partial charge on any atom is -0.00106 e. The molecule has 0 heterocycles. The lowest BCUT2D eigenvalue weighted by Gasteiger charge is -2.17. The van der Waals surface area contributed by atoms with Gasteiger partial charge in [0.15, 0.2) is 0 Å². The van der Waals surface area contributed by atoms with Gasteiger partial charge in [-0.2, -0.15) is 0 Å². The second kappa shape index (κ2) is 8.06. The molecule has 1 fully saturated rings. The average Bonchev–Trinajstić information content (AvgIpc) is 3.47. The molecule has 0 heteroatoms. The summed E-state index contributed by atoms with van der Waals surface area (Å²) >= 11 is 0. The van der Waals surface area contributed by atoms with Crippen molar-refractivity contribution in [1.82, 2.24) is 0 Å². The van der Waals surface area contributed by atoms with Gasteiger partial charge < -0.3 is 0 Å². The van der Waals surface area contributed by atoms with Gasteiger partial charge >= 0.3 is 0 Å². The third-order valence-electron chi connectivity index (χ3n) is 7.91. The highest BCUT2D eigenvalue weighted by molar-refractivity contribution is 5.91. The molecule has 2 aromatic rings. The fourth-order valence-electron chi connectivity index (χ4n) is 6.08. The third-order valence-corrected chi connectivity index (χ3v) is 7.91. The van der Waals surface area contributed by atoms with Gasteiger partial charge in [0.05, 0.1) is 0 Å². The molecule has 0 saturated heterocycles. The molecule has 0 radical (unpaired) electrons. The van der Waals surface area contributed by atoms with Crippen LogP contribution in [0.3, 0.4) is 0 Å². The normalized spacial score (nSPS) is 23.7. The van der Waals surface area contributed by atoms with Gasteiger partial charge in [-0.05, 0) is 100 Å². The van der Waals surface area contributed by atoms with Gasteiger partial charge in [-0.15, -0.1) is 0 Å². The van der Waals surface area contributed by atoms with Crippen molar-refractivity contribution in [3.63, 3.8) is 0 Å². The summed E-state index contributed by atoms with van der Waals surface area (Å²) in [6, 6.07) is 13.6. The van der Waals surface area contributed by atoms with Crippen LogP contribution in [-0.2, 0) is 25.7 Å². The molecule has 5 rings (SSSR count). The van der Waals surface area contributed by atoms with E-state index < -0.39 is 0 Å². The van der Waals surface area contributed by atoms with Crippen LogP contribution in [0.15, 0.2) is 60.7 Å². The van der Waals surface area contributed by atoms with Gasteiger partial charge in [0.2, 0.25) is 0 Å². The summed E-state index contributed by atoms with van der Waals surface area (Å²) in [5.41, 5.74) is 13.1. The largest absolute Gasteiger partial charge is 0.0909 e. The molecule has 2 atom stereocenters. The zero-order chi connectivity index (χ0) is 20.7. The van der Waals surface area contributed by atoms with Crippen molar-refractivity contribution in [1.29, 1.82) is 0 Å². The van der Waals surface area contributed by atoms with Crippen LogP contribution in [0.4, 0.5) is 0 Å². The van der Waals surface area contributed by atoms with Crippen molar-refractivity contribution in [2.75, 3.05) is 0 Å². The highest BCUT2D eigenvalue weighted by Crippen LogP contribution is 2.43.